The highest BCUT2D eigenvalue weighted by atomic mass is 35.5. The first kappa shape index (κ1) is 17.4. The monoisotopic (exact) mass is 352 g/mol. The first-order chi connectivity index (χ1) is 11.1. The zero-order valence-corrected chi connectivity index (χ0v) is 14.2. The molecule has 0 spiro atoms. The third-order valence-corrected chi connectivity index (χ3v) is 4.02. The second-order valence-electron chi connectivity index (χ2n) is 4.79. The topological polar surface area (TPSA) is 50.4 Å². The van der Waals surface area contributed by atoms with Crippen LogP contribution in [0.3, 0.4) is 0 Å². The summed E-state index contributed by atoms with van der Waals surface area (Å²) >= 11 is 11.9. The van der Waals surface area contributed by atoms with Gasteiger partial charge in [-0.15, -0.1) is 0 Å². The summed E-state index contributed by atoms with van der Waals surface area (Å²) in [5, 5.41) is 6.07. The molecule has 0 aliphatic carbocycles. The van der Waals surface area contributed by atoms with E-state index < -0.39 is 0 Å². The number of hydrogen-bond donors (Lipinski definition) is 2. The Morgan fingerprint density at radius 3 is 2.70 bits per heavy atom. The Morgan fingerprint density at radius 2 is 1.91 bits per heavy atom. The first-order valence-corrected chi connectivity index (χ1v) is 8.07. The minimum atomic E-state index is -0.360. The van der Waals surface area contributed by atoms with E-state index in [0.717, 1.165) is 17.7 Å². The van der Waals surface area contributed by atoms with E-state index in [-0.39, 0.29) is 6.03 Å². The van der Waals surface area contributed by atoms with Gasteiger partial charge in [-0.2, -0.15) is 0 Å². The van der Waals surface area contributed by atoms with Gasteiger partial charge >= 0.3 is 6.03 Å². The van der Waals surface area contributed by atoms with Crippen LogP contribution in [0.4, 0.5) is 10.5 Å². The normalized spacial score (nSPS) is 10.2. The number of amides is 2. The van der Waals surface area contributed by atoms with Crippen molar-refractivity contribution in [3.8, 4) is 5.75 Å². The predicted molar refractivity (Wildman–Crippen MR) is 94.8 cm³/mol. The van der Waals surface area contributed by atoms with Crippen molar-refractivity contribution in [2.45, 2.75) is 13.3 Å². The van der Waals surface area contributed by atoms with Crippen molar-refractivity contribution < 1.29 is 9.53 Å². The molecule has 122 valence electrons. The maximum absolute atomic E-state index is 11.8. The number of aryl methyl sites for hydroxylation is 1. The van der Waals surface area contributed by atoms with E-state index in [4.69, 9.17) is 27.9 Å². The molecule has 2 aromatic rings. The van der Waals surface area contributed by atoms with Crippen LogP contribution in [0.5, 0.6) is 5.75 Å². The maximum atomic E-state index is 11.8. The van der Waals surface area contributed by atoms with Gasteiger partial charge in [-0.05, 0) is 30.2 Å². The van der Waals surface area contributed by atoms with Crippen LogP contribution >= 0.6 is 23.2 Å². The standard InChI is InChI=1S/C17H18Cl2N2O2/c1-2-12-6-3-4-9-15(12)23-11-10-20-17(22)21-14-8-5-7-13(18)16(14)19/h3-9H,2,10-11H2,1H3,(H2,20,21,22). The van der Waals surface area contributed by atoms with Gasteiger partial charge in [0.05, 0.1) is 22.3 Å². The fourth-order valence-electron chi connectivity index (χ4n) is 2.03. The Morgan fingerprint density at radius 1 is 1.13 bits per heavy atom. The number of carbonyl (C=O) groups is 1. The van der Waals surface area contributed by atoms with E-state index in [1.165, 1.54) is 0 Å². The summed E-state index contributed by atoms with van der Waals surface area (Å²) in [6.45, 7) is 2.83. The van der Waals surface area contributed by atoms with E-state index in [1.54, 1.807) is 18.2 Å². The summed E-state index contributed by atoms with van der Waals surface area (Å²) in [6, 6.07) is 12.5. The molecule has 0 bridgehead atoms. The van der Waals surface area contributed by atoms with E-state index in [1.807, 2.05) is 24.3 Å². The molecule has 2 amide bonds. The number of carbonyl (C=O) groups excluding carboxylic acids is 1. The van der Waals surface area contributed by atoms with Crippen LogP contribution in [-0.2, 0) is 6.42 Å². The van der Waals surface area contributed by atoms with Crippen LogP contribution in [0.2, 0.25) is 10.0 Å². The quantitative estimate of drug-likeness (QED) is 0.736. The van der Waals surface area contributed by atoms with E-state index in [2.05, 4.69) is 17.6 Å². The van der Waals surface area contributed by atoms with Gasteiger partial charge in [-0.1, -0.05) is 54.4 Å². The molecule has 0 unspecified atom stereocenters. The minimum Gasteiger partial charge on any atom is -0.491 e. The van der Waals surface area contributed by atoms with Gasteiger partial charge in [-0.25, -0.2) is 4.79 Å². The lowest BCUT2D eigenvalue weighted by molar-refractivity contribution is 0.247. The van der Waals surface area contributed by atoms with E-state index in [0.29, 0.717) is 28.9 Å². The molecule has 0 aromatic heterocycles. The van der Waals surface area contributed by atoms with E-state index in [9.17, 15) is 4.79 Å². The molecule has 0 saturated carbocycles. The number of ether oxygens (including phenoxy) is 1. The number of rotatable bonds is 6. The molecule has 6 heteroatoms. The smallest absolute Gasteiger partial charge is 0.319 e. The van der Waals surface area contributed by atoms with Crippen LogP contribution in [0.25, 0.3) is 0 Å². The van der Waals surface area contributed by atoms with Gasteiger partial charge in [-0.3, -0.25) is 0 Å². The summed E-state index contributed by atoms with van der Waals surface area (Å²) in [5.41, 5.74) is 1.61. The molecule has 0 radical (unpaired) electrons. The summed E-state index contributed by atoms with van der Waals surface area (Å²) in [4.78, 5) is 11.8. The molecule has 0 atom stereocenters. The Bertz CT molecular complexity index is 677. The lowest BCUT2D eigenvalue weighted by Gasteiger charge is -2.12. The van der Waals surface area contributed by atoms with Crippen molar-refractivity contribution in [3.63, 3.8) is 0 Å². The van der Waals surface area contributed by atoms with Crippen LogP contribution in [0.15, 0.2) is 42.5 Å². The van der Waals surface area contributed by atoms with Gasteiger partial charge in [0.1, 0.15) is 12.4 Å². The second-order valence-corrected chi connectivity index (χ2v) is 5.58. The molecule has 0 aliphatic heterocycles. The van der Waals surface area contributed by atoms with Crippen molar-refractivity contribution in [3.05, 3.63) is 58.1 Å². The first-order valence-electron chi connectivity index (χ1n) is 7.31. The molecule has 0 aliphatic rings. The van der Waals surface area contributed by atoms with Gasteiger partial charge in [0, 0.05) is 0 Å². The Balaban J connectivity index is 1.78. The minimum absolute atomic E-state index is 0.317. The van der Waals surface area contributed by atoms with Crippen LogP contribution in [0, 0.1) is 0 Å². The number of anilines is 1. The predicted octanol–water partition coefficient (Wildman–Crippen LogP) is 4.76. The summed E-state index contributed by atoms with van der Waals surface area (Å²) in [6.07, 6.45) is 0.900. The molecule has 2 N–H and O–H groups in total. The molecule has 2 aromatic carbocycles. The zero-order chi connectivity index (χ0) is 16.7. The van der Waals surface area contributed by atoms with Crippen molar-refractivity contribution >= 4 is 34.9 Å². The van der Waals surface area contributed by atoms with Crippen LogP contribution in [-0.4, -0.2) is 19.2 Å². The third-order valence-electron chi connectivity index (χ3n) is 3.20. The van der Waals surface area contributed by atoms with Gasteiger partial charge < -0.3 is 15.4 Å². The Kier molecular flexibility index (Phi) is 6.56. The number of urea groups is 1. The highest BCUT2D eigenvalue weighted by molar-refractivity contribution is 6.43. The molecule has 2 rings (SSSR count). The zero-order valence-electron chi connectivity index (χ0n) is 12.7. The Hall–Kier alpha value is -1.91. The molecule has 0 saturated heterocycles. The lowest BCUT2D eigenvalue weighted by atomic mass is 10.1. The Labute approximate surface area is 145 Å². The fourth-order valence-corrected chi connectivity index (χ4v) is 2.38. The number of nitrogens with one attached hydrogen (secondary N) is 2. The second kappa shape index (κ2) is 8.65. The largest absolute Gasteiger partial charge is 0.491 e. The molecular formula is C17H18Cl2N2O2. The maximum Gasteiger partial charge on any atom is 0.319 e. The molecule has 4 nitrogen and oxygen atoms in total. The van der Waals surface area contributed by atoms with Crippen molar-refractivity contribution in [1.82, 2.24) is 5.32 Å². The number of hydrogen-bond acceptors (Lipinski definition) is 2. The highest BCUT2D eigenvalue weighted by Gasteiger charge is 2.07. The van der Waals surface area contributed by atoms with Crippen LogP contribution < -0.4 is 15.4 Å². The average molecular weight is 353 g/mol. The molecular weight excluding hydrogens is 335 g/mol. The number of para-hydroxylation sites is 1. The van der Waals surface area contributed by atoms with Crippen LogP contribution in [0.1, 0.15) is 12.5 Å². The highest BCUT2D eigenvalue weighted by Crippen LogP contribution is 2.29. The lowest BCUT2D eigenvalue weighted by Crippen LogP contribution is -2.32. The van der Waals surface area contributed by atoms with Gasteiger partial charge in [0.2, 0.25) is 0 Å². The van der Waals surface area contributed by atoms with E-state index >= 15 is 0 Å². The summed E-state index contributed by atoms with van der Waals surface area (Å²) in [7, 11) is 0. The molecule has 23 heavy (non-hydrogen) atoms. The molecule has 0 fully saturated rings. The van der Waals surface area contributed by atoms with Crippen molar-refractivity contribution in [1.29, 1.82) is 0 Å². The van der Waals surface area contributed by atoms with Gasteiger partial charge in [0.25, 0.3) is 0 Å². The number of halogens is 2. The number of benzene rings is 2. The third kappa shape index (κ3) is 5.05. The van der Waals surface area contributed by atoms with Gasteiger partial charge in [0.15, 0.2) is 0 Å². The summed E-state index contributed by atoms with van der Waals surface area (Å²) < 4.78 is 5.68. The fraction of sp³-hybridized carbons (Fsp3) is 0.235. The molecule has 0 heterocycles. The SMILES string of the molecule is CCc1ccccc1OCCNC(=O)Nc1cccc(Cl)c1Cl. The average Bonchev–Trinajstić information content (AvgIpc) is 2.56. The van der Waals surface area contributed by atoms with Crippen molar-refractivity contribution in [2.24, 2.45) is 0 Å². The summed E-state index contributed by atoms with van der Waals surface area (Å²) in [5.74, 6) is 0.843. The van der Waals surface area contributed by atoms with Crippen molar-refractivity contribution in [2.75, 3.05) is 18.5 Å².